The number of halogens is 1. The summed E-state index contributed by atoms with van der Waals surface area (Å²) in [4.78, 5) is 4.33. The van der Waals surface area contributed by atoms with Gasteiger partial charge in [0.05, 0.1) is 7.11 Å². The van der Waals surface area contributed by atoms with Gasteiger partial charge in [-0.05, 0) is 29.8 Å². The molecule has 1 aliphatic heterocycles. The van der Waals surface area contributed by atoms with Gasteiger partial charge in [-0.2, -0.15) is 10.1 Å². The minimum atomic E-state index is -0.0847. The van der Waals surface area contributed by atoms with Crippen LogP contribution in [0.25, 0.3) is 5.70 Å². The van der Waals surface area contributed by atoms with Gasteiger partial charge in [-0.1, -0.05) is 46.3 Å². The van der Waals surface area contributed by atoms with Gasteiger partial charge in [0.15, 0.2) is 0 Å². The van der Waals surface area contributed by atoms with E-state index in [1.54, 1.807) is 13.4 Å². The van der Waals surface area contributed by atoms with Crippen LogP contribution in [0.1, 0.15) is 17.2 Å². The number of hydrogen-bond acceptors (Lipinski definition) is 4. The second-order valence-corrected chi connectivity index (χ2v) is 6.34. The van der Waals surface area contributed by atoms with Crippen LogP contribution in [-0.4, -0.2) is 21.9 Å². The molecule has 5 nitrogen and oxygen atoms in total. The predicted molar refractivity (Wildman–Crippen MR) is 96.9 cm³/mol. The molecular formula is C18H15BrN4O. The lowest BCUT2D eigenvalue weighted by Gasteiger charge is -2.25. The number of para-hydroxylation sites is 1. The van der Waals surface area contributed by atoms with Crippen molar-refractivity contribution >= 4 is 27.6 Å². The summed E-state index contributed by atoms with van der Waals surface area (Å²) < 4.78 is 8.44. The molecule has 24 heavy (non-hydrogen) atoms. The van der Waals surface area contributed by atoms with E-state index in [0.717, 1.165) is 27.0 Å². The number of hydrogen-bond donors (Lipinski definition) is 1. The van der Waals surface area contributed by atoms with Crippen molar-refractivity contribution in [2.75, 3.05) is 12.4 Å². The van der Waals surface area contributed by atoms with E-state index in [1.165, 1.54) is 0 Å². The maximum Gasteiger partial charge on any atom is 0.226 e. The van der Waals surface area contributed by atoms with Gasteiger partial charge in [0, 0.05) is 15.7 Å². The number of ether oxygens (including phenoxy) is 1. The first-order valence-corrected chi connectivity index (χ1v) is 8.33. The second kappa shape index (κ2) is 6.13. The fourth-order valence-electron chi connectivity index (χ4n) is 2.86. The van der Waals surface area contributed by atoms with Crippen LogP contribution < -0.4 is 10.1 Å². The van der Waals surface area contributed by atoms with E-state index in [-0.39, 0.29) is 6.04 Å². The lowest BCUT2D eigenvalue weighted by Crippen LogP contribution is -2.20. The SMILES string of the molecule is COc1ccccc1[C@@H]1C=C(c2ccc(Br)cc2)Nc2ncnn21. The molecule has 2 heterocycles. The van der Waals surface area contributed by atoms with Gasteiger partial charge in [0.25, 0.3) is 0 Å². The summed E-state index contributed by atoms with van der Waals surface area (Å²) in [5.41, 5.74) is 3.13. The first kappa shape index (κ1) is 15.0. The Morgan fingerprint density at radius 2 is 1.92 bits per heavy atom. The van der Waals surface area contributed by atoms with Crippen molar-refractivity contribution < 1.29 is 4.74 Å². The minimum Gasteiger partial charge on any atom is -0.496 e. The van der Waals surface area contributed by atoms with E-state index in [0.29, 0.717) is 5.95 Å². The Kier molecular flexibility index (Phi) is 3.82. The third-order valence-corrected chi connectivity index (χ3v) is 4.55. The van der Waals surface area contributed by atoms with Crippen LogP contribution in [0.5, 0.6) is 5.75 Å². The third-order valence-electron chi connectivity index (χ3n) is 4.02. The molecule has 2 aromatic carbocycles. The number of rotatable bonds is 3. The van der Waals surface area contributed by atoms with Crippen molar-refractivity contribution in [2.45, 2.75) is 6.04 Å². The van der Waals surface area contributed by atoms with Gasteiger partial charge >= 0.3 is 0 Å². The van der Waals surface area contributed by atoms with Crippen LogP contribution in [0, 0.1) is 0 Å². The number of fused-ring (bicyclic) bond motifs is 1. The zero-order valence-electron chi connectivity index (χ0n) is 13.0. The molecule has 0 spiro atoms. The van der Waals surface area contributed by atoms with Crippen LogP contribution in [0.2, 0.25) is 0 Å². The van der Waals surface area contributed by atoms with Crippen molar-refractivity contribution in [3.05, 3.63) is 76.5 Å². The van der Waals surface area contributed by atoms with Crippen molar-refractivity contribution in [3.63, 3.8) is 0 Å². The van der Waals surface area contributed by atoms with E-state index in [9.17, 15) is 0 Å². The third kappa shape index (κ3) is 2.59. The summed E-state index contributed by atoms with van der Waals surface area (Å²) in [5.74, 6) is 1.54. The number of benzene rings is 2. The molecule has 0 aliphatic carbocycles. The zero-order chi connectivity index (χ0) is 16.5. The Balaban J connectivity index is 1.83. The van der Waals surface area contributed by atoms with Crippen molar-refractivity contribution in [1.29, 1.82) is 0 Å². The Morgan fingerprint density at radius 1 is 1.12 bits per heavy atom. The van der Waals surface area contributed by atoms with Gasteiger partial charge in [0.1, 0.15) is 18.1 Å². The number of methoxy groups -OCH3 is 1. The average molecular weight is 383 g/mol. The van der Waals surface area contributed by atoms with E-state index in [2.05, 4.69) is 55.6 Å². The Labute approximate surface area is 148 Å². The first-order valence-electron chi connectivity index (χ1n) is 7.53. The minimum absolute atomic E-state index is 0.0847. The molecule has 0 saturated heterocycles. The van der Waals surface area contributed by atoms with Crippen LogP contribution >= 0.6 is 15.9 Å². The van der Waals surface area contributed by atoms with Gasteiger partial charge in [-0.25, -0.2) is 4.68 Å². The van der Waals surface area contributed by atoms with Gasteiger partial charge in [-0.15, -0.1) is 0 Å². The molecule has 6 heteroatoms. The number of allylic oxidation sites excluding steroid dienone is 1. The highest BCUT2D eigenvalue weighted by Crippen LogP contribution is 2.35. The van der Waals surface area contributed by atoms with E-state index in [4.69, 9.17) is 4.74 Å². The molecular weight excluding hydrogens is 368 g/mol. The molecule has 3 aromatic rings. The maximum absolute atomic E-state index is 5.53. The molecule has 1 atom stereocenters. The molecule has 0 amide bonds. The normalized spacial score (nSPS) is 16.1. The molecule has 1 aliphatic rings. The van der Waals surface area contributed by atoms with E-state index < -0.39 is 0 Å². The Morgan fingerprint density at radius 3 is 2.71 bits per heavy atom. The average Bonchev–Trinajstić information content (AvgIpc) is 3.10. The standard InChI is InChI=1S/C18H15BrN4O/c1-24-17-5-3-2-4-14(17)16-10-15(12-6-8-13(19)9-7-12)22-18-20-11-21-23(16)18/h2-11,16H,1H3,(H,20,21,22)/t16-/m0/s1. The van der Waals surface area contributed by atoms with Gasteiger partial charge < -0.3 is 10.1 Å². The van der Waals surface area contributed by atoms with Crippen LogP contribution in [0.3, 0.4) is 0 Å². The predicted octanol–water partition coefficient (Wildman–Crippen LogP) is 4.11. The highest BCUT2D eigenvalue weighted by molar-refractivity contribution is 9.10. The monoisotopic (exact) mass is 382 g/mol. The Hall–Kier alpha value is -2.60. The van der Waals surface area contributed by atoms with Gasteiger partial charge in [-0.3, -0.25) is 0 Å². The number of nitrogens with one attached hydrogen (secondary N) is 1. The van der Waals surface area contributed by atoms with Crippen LogP contribution in [-0.2, 0) is 0 Å². The molecule has 0 fully saturated rings. The van der Waals surface area contributed by atoms with Gasteiger partial charge in [0.2, 0.25) is 5.95 Å². The van der Waals surface area contributed by atoms with Crippen molar-refractivity contribution in [3.8, 4) is 5.75 Å². The fourth-order valence-corrected chi connectivity index (χ4v) is 3.13. The second-order valence-electron chi connectivity index (χ2n) is 5.43. The quantitative estimate of drug-likeness (QED) is 0.740. The number of aromatic nitrogens is 3. The molecule has 4 rings (SSSR count). The molecule has 1 aromatic heterocycles. The van der Waals surface area contributed by atoms with E-state index >= 15 is 0 Å². The highest BCUT2D eigenvalue weighted by atomic mass is 79.9. The van der Waals surface area contributed by atoms with Crippen LogP contribution in [0.15, 0.2) is 65.4 Å². The summed E-state index contributed by atoms with van der Waals surface area (Å²) >= 11 is 3.47. The summed E-state index contributed by atoms with van der Waals surface area (Å²) in [7, 11) is 1.68. The highest BCUT2D eigenvalue weighted by Gasteiger charge is 2.25. The lowest BCUT2D eigenvalue weighted by atomic mass is 10.0. The van der Waals surface area contributed by atoms with E-state index in [1.807, 2.05) is 35.0 Å². The molecule has 0 unspecified atom stereocenters. The molecule has 120 valence electrons. The molecule has 1 N–H and O–H groups in total. The zero-order valence-corrected chi connectivity index (χ0v) is 14.6. The summed E-state index contributed by atoms with van der Waals surface area (Å²) in [6, 6.07) is 16.1. The maximum atomic E-state index is 5.53. The largest absolute Gasteiger partial charge is 0.496 e. The number of anilines is 1. The topological polar surface area (TPSA) is 52.0 Å². The molecule has 0 saturated carbocycles. The van der Waals surface area contributed by atoms with Crippen molar-refractivity contribution in [2.24, 2.45) is 0 Å². The fraction of sp³-hybridized carbons (Fsp3) is 0.111. The van der Waals surface area contributed by atoms with Crippen LogP contribution in [0.4, 0.5) is 5.95 Å². The summed E-state index contributed by atoms with van der Waals surface area (Å²) in [6.07, 6.45) is 3.70. The number of nitrogens with zero attached hydrogens (tertiary/aromatic N) is 3. The Bertz CT molecular complexity index is 901. The first-order chi connectivity index (χ1) is 11.8. The summed E-state index contributed by atoms with van der Waals surface area (Å²) in [6.45, 7) is 0. The van der Waals surface area contributed by atoms with Crippen molar-refractivity contribution in [1.82, 2.24) is 14.8 Å². The molecule has 0 radical (unpaired) electrons. The smallest absolute Gasteiger partial charge is 0.226 e. The lowest BCUT2D eigenvalue weighted by molar-refractivity contribution is 0.404. The molecule has 0 bridgehead atoms. The summed E-state index contributed by atoms with van der Waals surface area (Å²) in [5, 5.41) is 7.71.